The Morgan fingerprint density at radius 1 is 0.658 bits per heavy atom. The highest BCUT2D eigenvalue weighted by Crippen LogP contribution is 2.49. The molecule has 1 heterocycles. The molecule has 2 aliphatic rings. The van der Waals surface area contributed by atoms with Crippen molar-refractivity contribution in [1.29, 1.82) is 0 Å². The van der Waals surface area contributed by atoms with Gasteiger partial charge in [0.1, 0.15) is 0 Å². The number of hydrogen-bond acceptors (Lipinski definition) is 1. The Hall–Kier alpha value is -4.49. The molecule has 0 amide bonds. The standard InChI is InChI=1S/C37H29N/c1-37-21-7-6-12-34(37)35(29-15-13-26(14-16-29)24-27-19-22-38-23-20-27)32-10-4-5-11-33(32)36(37)31-18-17-28-8-2-3-9-30(28)25-31/h2-23,25,34H,24H2,1H3. The summed E-state index contributed by atoms with van der Waals surface area (Å²) < 4.78 is 0. The van der Waals surface area contributed by atoms with Crippen molar-refractivity contribution in [2.75, 3.05) is 0 Å². The van der Waals surface area contributed by atoms with E-state index < -0.39 is 0 Å². The molecule has 0 saturated carbocycles. The van der Waals surface area contributed by atoms with E-state index in [9.17, 15) is 0 Å². The highest BCUT2D eigenvalue weighted by Gasteiger charge is 2.41. The first-order valence-corrected chi connectivity index (χ1v) is 13.4. The molecule has 0 saturated heterocycles. The Kier molecular flexibility index (Phi) is 5.44. The van der Waals surface area contributed by atoms with Gasteiger partial charge >= 0.3 is 0 Å². The maximum atomic E-state index is 4.15. The molecule has 2 unspecified atom stereocenters. The zero-order chi connectivity index (χ0) is 25.5. The lowest BCUT2D eigenvalue weighted by Gasteiger charge is -2.42. The molecule has 38 heavy (non-hydrogen) atoms. The van der Waals surface area contributed by atoms with Crippen LogP contribution < -0.4 is 10.4 Å². The minimum Gasteiger partial charge on any atom is -0.265 e. The molecule has 0 radical (unpaired) electrons. The number of hydrogen-bond donors (Lipinski definition) is 0. The quantitative estimate of drug-likeness (QED) is 0.266. The monoisotopic (exact) mass is 487 g/mol. The Morgan fingerprint density at radius 3 is 2.16 bits per heavy atom. The number of rotatable bonds is 4. The maximum absolute atomic E-state index is 4.15. The summed E-state index contributed by atoms with van der Waals surface area (Å²) in [6, 6.07) is 38.0. The van der Waals surface area contributed by atoms with Gasteiger partial charge in [0.15, 0.2) is 0 Å². The van der Waals surface area contributed by atoms with Crippen molar-refractivity contribution in [3.8, 4) is 0 Å². The summed E-state index contributed by atoms with van der Waals surface area (Å²) in [4.78, 5) is 4.15. The minimum absolute atomic E-state index is 0.156. The number of fused-ring (bicyclic) bond motifs is 3. The molecule has 0 aliphatic heterocycles. The van der Waals surface area contributed by atoms with Crippen molar-refractivity contribution in [2.24, 2.45) is 11.3 Å². The van der Waals surface area contributed by atoms with Gasteiger partial charge in [-0.15, -0.1) is 0 Å². The Bertz CT molecular complexity index is 1840. The van der Waals surface area contributed by atoms with Gasteiger partial charge < -0.3 is 0 Å². The Balaban J connectivity index is 1.45. The molecule has 2 atom stereocenters. The topological polar surface area (TPSA) is 12.9 Å². The smallest absolute Gasteiger partial charge is 0.0270 e. The summed E-state index contributed by atoms with van der Waals surface area (Å²) in [6.07, 6.45) is 13.9. The highest BCUT2D eigenvalue weighted by molar-refractivity contribution is 5.89. The van der Waals surface area contributed by atoms with Crippen LogP contribution in [-0.2, 0) is 6.42 Å². The molecule has 0 N–H and O–H groups in total. The third-order valence-electron chi connectivity index (χ3n) is 8.30. The molecule has 5 aromatic rings. The predicted octanol–water partition coefficient (Wildman–Crippen LogP) is 6.99. The zero-order valence-electron chi connectivity index (χ0n) is 21.5. The van der Waals surface area contributed by atoms with Gasteiger partial charge in [-0.05, 0) is 79.2 Å². The lowest BCUT2D eigenvalue weighted by Crippen LogP contribution is -2.45. The fourth-order valence-corrected chi connectivity index (χ4v) is 6.45. The SMILES string of the molecule is CC12C=CC=CC1C(c1ccc(Cc3ccncc3)cc1)=c1ccccc1=C2c1ccc2ccccc2c1. The first-order valence-electron chi connectivity index (χ1n) is 13.4. The van der Waals surface area contributed by atoms with Crippen molar-refractivity contribution < 1.29 is 0 Å². The van der Waals surface area contributed by atoms with Crippen LogP contribution in [0.3, 0.4) is 0 Å². The van der Waals surface area contributed by atoms with Crippen molar-refractivity contribution in [3.63, 3.8) is 0 Å². The molecule has 0 spiro atoms. The Labute approximate surface area is 223 Å². The van der Waals surface area contributed by atoms with Crippen molar-refractivity contribution in [2.45, 2.75) is 13.3 Å². The normalized spacial score (nSPS) is 19.9. The summed E-state index contributed by atoms with van der Waals surface area (Å²) >= 11 is 0. The minimum atomic E-state index is -0.156. The van der Waals surface area contributed by atoms with Gasteiger partial charge in [-0.2, -0.15) is 0 Å². The van der Waals surface area contributed by atoms with Crippen LogP contribution >= 0.6 is 0 Å². The molecule has 0 bridgehead atoms. The van der Waals surface area contributed by atoms with Gasteiger partial charge in [-0.25, -0.2) is 0 Å². The van der Waals surface area contributed by atoms with Gasteiger partial charge in [-0.3, -0.25) is 4.98 Å². The summed E-state index contributed by atoms with van der Waals surface area (Å²) in [5.74, 6) is 0.245. The second-order valence-electron chi connectivity index (χ2n) is 10.6. The van der Waals surface area contributed by atoms with E-state index in [1.807, 2.05) is 12.4 Å². The van der Waals surface area contributed by atoms with Crippen LogP contribution in [-0.4, -0.2) is 4.98 Å². The summed E-state index contributed by atoms with van der Waals surface area (Å²) in [5, 5.41) is 5.23. The molecule has 0 fully saturated rings. The van der Waals surface area contributed by atoms with Crippen LogP contribution in [0, 0.1) is 11.3 Å². The number of aromatic nitrogens is 1. The van der Waals surface area contributed by atoms with Crippen LogP contribution in [0.5, 0.6) is 0 Å². The van der Waals surface area contributed by atoms with E-state index in [4.69, 9.17) is 0 Å². The fourth-order valence-electron chi connectivity index (χ4n) is 6.45. The average Bonchev–Trinajstić information content (AvgIpc) is 2.96. The van der Waals surface area contributed by atoms with Crippen molar-refractivity contribution in [3.05, 3.63) is 173 Å². The second kappa shape index (κ2) is 9.11. The Morgan fingerprint density at radius 2 is 1.34 bits per heavy atom. The van der Waals surface area contributed by atoms with Gasteiger partial charge in [0.25, 0.3) is 0 Å². The third kappa shape index (κ3) is 3.74. The van der Waals surface area contributed by atoms with E-state index in [1.54, 1.807) is 0 Å². The predicted molar refractivity (Wildman–Crippen MR) is 158 cm³/mol. The molecule has 2 aliphatic carbocycles. The van der Waals surface area contributed by atoms with Crippen LogP contribution in [0.2, 0.25) is 0 Å². The molecule has 1 heteroatoms. The van der Waals surface area contributed by atoms with Crippen molar-refractivity contribution >= 4 is 21.9 Å². The highest BCUT2D eigenvalue weighted by atomic mass is 14.6. The van der Waals surface area contributed by atoms with E-state index in [0.29, 0.717) is 0 Å². The van der Waals surface area contributed by atoms with Gasteiger partial charge in [0.05, 0.1) is 0 Å². The number of pyridine rings is 1. The van der Waals surface area contributed by atoms with Crippen molar-refractivity contribution in [1.82, 2.24) is 4.98 Å². The lowest BCUT2D eigenvalue weighted by atomic mass is 9.60. The van der Waals surface area contributed by atoms with E-state index in [2.05, 4.69) is 139 Å². The lowest BCUT2D eigenvalue weighted by molar-refractivity contribution is 0.479. The van der Waals surface area contributed by atoms with Crippen LogP contribution in [0.4, 0.5) is 0 Å². The van der Waals surface area contributed by atoms with Crippen LogP contribution in [0.25, 0.3) is 21.9 Å². The molecule has 4 aromatic carbocycles. The largest absolute Gasteiger partial charge is 0.265 e. The molecule has 1 aromatic heterocycles. The van der Waals surface area contributed by atoms with E-state index in [0.717, 1.165) is 6.42 Å². The first-order chi connectivity index (χ1) is 18.7. The molecule has 182 valence electrons. The van der Waals surface area contributed by atoms with Crippen LogP contribution in [0.15, 0.2) is 140 Å². The molecular weight excluding hydrogens is 458 g/mol. The maximum Gasteiger partial charge on any atom is 0.0270 e. The number of benzene rings is 4. The second-order valence-corrected chi connectivity index (χ2v) is 10.6. The summed E-state index contributed by atoms with van der Waals surface area (Å²) in [7, 11) is 0. The zero-order valence-corrected chi connectivity index (χ0v) is 21.5. The first kappa shape index (κ1) is 22.7. The summed E-state index contributed by atoms with van der Waals surface area (Å²) in [6.45, 7) is 2.41. The van der Waals surface area contributed by atoms with E-state index >= 15 is 0 Å². The molecule has 7 rings (SSSR count). The molecular formula is C37H29N. The average molecular weight is 488 g/mol. The van der Waals surface area contributed by atoms with Gasteiger partial charge in [-0.1, -0.05) is 116 Å². The van der Waals surface area contributed by atoms with Gasteiger partial charge in [0.2, 0.25) is 0 Å². The third-order valence-corrected chi connectivity index (χ3v) is 8.30. The van der Waals surface area contributed by atoms with Gasteiger partial charge in [0, 0.05) is 23.7 Å². The van der Waals surface area contributed by atoms with Crippen LogP contribution in [0.1, 0.15) is 29.2 Å². The number of allylic oxidation sites excluding steroid dienone is 4. The number of nitrogens with zero attached hydrogens (tertiary/aromatic N) is 1. The van der Waals surface area contributed by atoms with E-state index in [1.165, 1.54) is 54.6 Å². The fraction of sp³-hybridized carbons (Fsp3) is 0.108. The molecule has 1 nitrogen and oxygen atoms in total. The summed E-state index contributed by atoms with van der Waals surface area (Å²) in [5.41, 5.74) is 7.85. The van der Waals surface area contributed by atoms with E-state index in [-0.39, 0.29) is 11.3 Å².